The predicted molar refractivity (Wildman–Crippen MR) is 76.6 cm³/mol. The summed E-state index contributed by atoms with van der Waals surface area (Å²) in [6.07, 6.45) is 5.24. The summed E-state index contributed by atoms with van der Waals surface area (Å²) in [5.74, 6) is 1.79. The van der Waals surface area contributed by atoms with E-state index in [-0.39, 0.29) is 9.92 Å². The number of hydrogen-bond acceptors (Lipinski definition) is 2. The molecule has 0 fully saturated rings. The van der Waals surface area contributed by atoms with Gasteiger partial charge in [-0.25, -0.2) is 12.8 Å². The molecule has 0 spiro atoms. The molecule has 3 nitrogen and oxygen atoms in total. The first kappa shape index (κ1) is 14.4. The lowest BCUT2D eigenvalue weighted by Crippen LogP contribution is -2.13. The molecule has 1 N–H and O–H groups in total. The Balaban J connectivity index is 2.38. The zero-order valence-electron chi connectivity index (χ0n) is 10.1. The number of rotatable bonds is 3. The second kappa shape index (κ2) is 5.53. The van der Waals surface area contributed by atoms with Gasteiger partial charge in [-0.1, -0.05) is 23.6 Å². The molecule has 0 atom stereocenters. The SMILES string of the molecule is C#Cc1cccc(NS(=O)(=O)c2ccc(F)cc2Cl)c1. The summed E-state index contributed by atoms with van der Waals surface area (Å²) in [5, 5.41) is -0.189. The molecule has 0 aliphatic heterocycles. The molecule has 2 aromatic rings. The highest BCUT2D eigenvalue weighted by Crippen LogP contribution is 2.24. The average molecular weight is 310 g/mol. The zero-order valence-corrected chi connectivity index (χ0v) is 11.7. The van der Waals surface area contributed by atoms with Crippen LogP contribution in [0.25, 0.3) is 0 Å². The van der Waals surface area contributed by atoms with Crippen molar-refractivity contribution in [2.24, 2.45) is 0 Å². The smallest absolute Gasteiger partial charge is 0.263 e. The summed E-state index contributed by atoms with van der Waals surface area (Å²) in [6.45, 7) is 0. The molecular formula is C14H9ClFNO2S. The van der Waals surface area contributed by atoms with Crippen LogP contribution in [0, 0.1) is 18.2 Å². The molecule has 0 heterocycles. The number of benzene rings is 2. The molecule has 0 saturated heterocycles. The van der Waals surface area contributed by atoms with E-state index in [9.17, 15) is 12.8 Å². The Labute approximate surface area is 121 Å². The Bertz CT molecular complexity index is 797. The van der Waals surface area contributed by atoms with Gasteiger partial charge in [0.2, 0.25) is 0 Å². The largest absolute Gasteiger partial charge is 0.280 e. The lowest BCUT2D eigenvalue weighted by Gasteiger charge is -2.09. The third kappa shape index (κ3) is 3.10. The molecular weight excluding hydrogens is 301 g/mol. The Kier molecular flexibility index (Phi) is 3.98. The first-order chi connectivity index (χ1) is 9.42. The fourth-order valence-corrected chi connectivity index (χ4v) is 3.16. The third-order valence-corrected chi connectivity index (χ3v) is 4.33. The van der Waals surface area contributed by atoms with Gasteiger partial charge in [0.25, 0.3) is 10.0 Å². The molecule has 6 heteroatoms. The molecule has 0 unspecified atom stereocenters. The minimum Gasteiger partial charge on any atom is -0.280 e. The molecule has 20 heavy (non-hydrogen) atoms. The summed E-state index contributed by atoms with van der Waals surface area (Å²) in [6, 6.07) is 9.42. The quantitative estimate of drug-likeness (QED) is 0.885. The fourth-order valence-electron chi connectivity index (χ4n) is 1.58. The predicted octanol–water partition coefficient (Wildman–Crippen LogP) is 3.26. The first-order valence-corrected chi connectivity index (χ1v) is 7.33. The molecule has 2 aromatic carbocycles. The van der Waals surface area contributed by atoms with Crippen molar-refractivity contribution in [2.75, 3.05) is 4.72 Å². The third-order valence-electron chi connectivity index (χ3n) is 2.46. The minimum absolute atomic E-state index is 0.189. The van der Waals surface area contributed by atoms with Crippen molar-refractivity contribution in [3.05, 3.63) is 58.9 Å². The van der Waals surface area contributed by atoms with Crippen LogP contribution < -0.4 is 4.72 Å². The van der Waals surface area contributed by atoms with E-state index in [0.717, 1.165) is 18.2 Å². The number of halogens is 2. The van der Waals surface area contributed by atoms with Gasteiger partial charge in [-0.05, 0) is 36.4 Å². The zero-order chi connectivity index (χ0) is 14.8. The summed E-state index contributed by atoms with van der Waals surface area (Å²) in [4.78, 5) is -0.202. The molecule has 0 aliphatic carbocycles. The van der Waals surface area contributed by atoms with Crippen molar-refractivity contribution >= 4 is 27.3 Å². The van der Waals surface area contributed by atoms with Gasteiger partial charge in [0, 0.05) is 5.56 Å². The van der Waals surface area contributed by atoms with E-state index >= 15 is 0 Å². The molecule has 0 saturated carbocycles. The van der Waals surface area contributed by atoms with Gasteiger partial charge in [0.05, 0.1) is 10.7 Å². The van der Waals surface area contributed by atoms with E-state index in [1.165, 1.54) is 6.07 Å². The number of terminal acetylenes is 1. The maximum absolute atomic E-state index is 12.9. The van der Waals surface area contributed by atoms with Gasteiger partial charge in [-0.15, -0.1) is 6.42 Å². The van der Waals surface area contributed by atoms with Crippen LogP contribution in [0.1, 0.15) is 5.56 Å². The van der Waals surface area contributed by atoms with E-state index in [0.29, 0.717) is 11.3 Å². The second-order valence-electron chi connectivity index (χ2n) is 3.91. The van der Waals surface area contributed by atoms with Crippen molar-refractivity contribution < 1.29 is 12.8 Å². The van der Waals surface area contributed by atoms with Crippen molar-refractivity contribution in [3.8, 4) is 12.3 Å². The number of anilines is 1. The van der Waals surface area contributed by atoms with Gasteiger partial charge in [-0.2, -0.15) is 0 Å². The van der Waals surface area contributed by atoms with Crippen LogP contribution in [0.5, 0.6) is 0 Å². The fraction of sp³-hybridized carbons (Fsp3) is 0. The average Bonchev–Trinajstić information content (AvgIpc) is 2.37. The van der Waals surface area contributed by atoms with Gasteiger partial charge in [0.15, 0.2) is 0 Å². The second-order valence-corrected chi connectivity index (χ2v) is 5.96. The lowest BCUT2D eigenvalue weighted by molar-refractivity contribution is 0.600. The Morgan fingerprint density at radius 3 is 2.60 bits per heavy atom. The minimum atomic E-state index is -3.90. The van der Waals surface area contributed by atoms with Crippen molar-refractivity contribution in [3.63, 3.8) is 0 Å². The highest BCUT2D eigenvalue weighted by atomic mass is 35.5. The highest BCUT2D eigenvalue weighted by molar-refractivity contribution is 7.92. The Hall–Kier alpha value is -2.03. The lowest BCUT2D eigenvalue weighted by atomic mass is 10.2. The summed E-state index contributed by atoms with van der Waals surface area (Å²) >= 11 is 5.75. The van der Waals surface area contributed by atoms with E-state index in [2.05, 4.69) is 10.6 Å². The van der Waals surface area contributed by atoms with Crippen LogP contribution in [0.3, 0.4) is 0 Å². The van der Waals surface area contributed by atoms with Crippen molar-refractivity contribution in [1.29, 1.82) is 0 Å². The monoisotopic (exact) mass is 309 g/mol. The molecule has 2 rings (SSSR count). The highest BCUT2D eigenvalue weighted by Gasteiger charge is 2.18. The Morgan fingerprint density at radius 2 is 1.95 bits per heavy atom. The number of hydrogen-bond donors (Lipinski definition) is 1. The maximum Gasteiger partial charge on any atom is 0.263 e. The molecule has 0 aromatic heterocycles. The van der Waals surface area contributed by atoms with Crippen molar-refractivity contribution in [2.45, 2.75) is 4.90 Å². The molecule has 102 valence electrons. The topological polar surface area (TPSA) is 46.2 Å². The molecule has 0 radical (unpaired) electrons. The van der Waals surface area contributed by atoms with Crippen molar-refractivity contribution in [1.82, 2.24) is 0 Å². The van der Waals surface area contributed by atoms with Crippen LogP contribution in [0.15, 0.2) is 47.4 Å². The number of sulfonamides is 1. The van der Waals surface area contributed by atoms with Crippen LogP contribution >= 0.6 is 11.6 Å². The van der Waals surface area contributed by atoms with E-state index in [4.69, 9.17) is 18.0 Å². The summed E-state index contributed by atoms with van der Waals surface area (Å²) < 4.78 is 39.6. The van der Waals surface area contributed by atoms with E-state index in [1.54, 1.807) is 18.2 Å². The van der Waals surface area contributed by atoms with Crippen LogP contribution in [-0.2, 0) is 10.0 Å². The van der Waals surface area contributed by atoms with Gasteiger partial charge in [-0.3, -0.25) is 4.72 Å². The molecule has 0 bridgehead atoms. The summed E-state index contributed by atoms with van der Waals surface area (Å²) in [7, 11) is -3.90. The van der Waals surface area contributed by atoms with E-state index < -0.39 is 15.8 Å². The maximum atomic E-state index is 12.9. The first-order valence-electron chi connectivity index (χ1n) is 5.47. The Morgan fingerprint density at radius 1 is 1.20 bits per heavy atom. The van der Waals surface area contributed by atoms with Gasteiger partial charge in [0.1, 0.15) is 10.7 Å². The van der Waals surface area contributed by atoms with Crippen LogP contribution in [0.2, 0.25) is 5.02 Å². The molecule has 0 amide bonds. The number of nitrogens with one attached hydrogen (secondary N) is 1. The normalized spacial score (nSPS) is 10.8. The molecule has 0 aliphatic rings. The van der Waals surface area contributed by atoms with Crippen LogP contribution in [-0.4, -0.2) is 8.42 Å². The van der Waals surface area contributed by atoms with Gasteiger partial charge < -0.3 is 0 Å². The summed E-state index contributed by atoms with van der Waals surface area (Å²) in [5.41, 5.74) is 0.844. The van der Waals surface area contributed by atoms with Gasteiger partial charge >= 0.3 is 0 Å². The van der Waals surface area contributed by atoms with E-state index in [1.807, 2.05) is 0 Å². The standard InChI is InChI=1S/C14H9ClFNO2S/c1-2-10-4-3-5-12(8-10)17-20(18,19)14-7-6-11(16)9-13(14)15/h1,3-9,17H. The van der Waals surface area contributed by atoms with Crippen LogP contribution in [0.4, 0.5) is 10.1 Å².